The Morgan fingerprint density at radius 2 is 2.26 bits per heavy atom. The van der Waals surface area contributed by atoms with E-state index in [0.717, 1.165) is 31.8 Å². The molecule has 106 valence electrons. The largest absolute Gasteiger partial charge is 0.373 e. The summed E-state index contributed by atoms with van der Waals surface area (Å²) in [7, 11) is 1.99. The van der Waals surface area contributed by atoms with Crippen LogP contribution in [0.4, 0.5) is 5.69 Å². The average molecular weight is 263 g/mol. The molecule has 0 aromatic carbocycles. The number of pyridine rings is 1. The molecule has 4 heteroatoms. The van der Waals surface area contributed by atoms with Crippen molar-refractivity contribution in [2.75, 3.05) is 31.6 Å². The molecule has 1 aromatic rings. The minimum absolute atomic E-state index is 0.0184. The second kappa shape index (κ2) is 5.88. The molecule has 0 saturated carbocycles. The van der Waals surface area contributed by atoms with Crippen molar-refractivity contribution in [2.45, 2.75) is 38.8 Å². The van der Waals surface area contributed by atoms with Gasteiger partial charge in [0, 0.05) is 24.3 Å². The van der Waals surface area contributed by atoms with E-state index < -0.39 is 0 Å². The van der Waals surface area contributed by atoms with E-state index in [9.17, 15) is 0 Å². The first-order valence-corrected chi connectivity index (χ1v) is 7.07. The van der Waals surface area contributed by atoms with Crippen LogP contribution >= 0.6 is 0 Å². The van der Waals surface area contributed by atoms with Gasteiger partial charge in [-0.25, -0.2) is 0 Å². The fraction of sp³-hybridized carbons (Fsp3) is 0.667. The smallest absolute Gasteiger partial charge is 0.0926 e. The highest BCUT2D eigenvalue weighted by atomic mass is 16.5. The maximum atomic E-state index is 5.91. The Bertz CT molecular complexity index is 402. The van der Waals surface area contributed by atoms with Gasteiger partial charge in [0.2, 0.25) is 0 Å². The Balaban J connectivity index is 2.08. The SMILES string of the molecule is CCc1ccc(N2CCO[C@H](C(C)(C)NC)C2)cn1. The average Bonchev–Trinajstić information content (AvgIpc) is 2.47. The van der Waals surface area contributed by atoms with E-state index in [0.29, 0.717) is 0 Å². The van der Waals surface area contributed by atoms with Gasteiger partial charge in [-0.2, -0.15) is 0 Å². The maximum absolute atomic E-state index is 5.91. The lowest BCUT2D eigenvalue weighted by Gasteiger charge is -2.42. The van der Waals surface area contributed by atoms with Gasteiger partial charge in [0.1, 0.15) is 0 Å². The van der Waals surface area contributed by atoms with E-state index in [-0.39, 0.29) is 11.6 Å². The van der Waals surface area contributed by atoms with Crippen LogP contribution in [-0.2, 0) is 11.2 Å². The van der Waals surface area contributed by atoms with E-state index in [4.69, 9.17) is 4.74 Å². The van der Waals surface area contributed by atoms with Crippen molar-refractivity contribution in [1.82, 2.24) is 10.3 Å². The number of rotatable bonds is 4. The summed E-state index contributed by atoms with van der Waals surface area (Å²) in [5, 5.41) is 3.33. The number of hydrogen-bond donors (Lipinski definition) is 1. The summed E-state index contributed by atoms with van der Waals surface area (Å²) in [4.78, 5) is 6.84. The van der Waals surface area contributed by atoms with Gasteiger partial charge < -0.3 is 15.0 Å². The summed E-state index contributed by atoms with van der Waals surface area (Å²) >= 11 is 0. The normalized spacial score (nSPS) is 20.6. The summed E-state index contributed by atoms with van der Waals surface area (Å²) < 4.78 is 5.91. The highest BCUT2D eigenvalue weighted by Crippen LogP contribution is 2.22. The van der Waals surface area contributed by atoms with E-state index in [1.165, 1.54) is 5.69 Å². The molecular weight excluding hydrogens is 238 g/mol. The predicted molar refractivity (Wildman–Crippen MR) is 78.7 cm³/mol. The number of likely N-dealkylation sites (N-methyl/N-ethyl adjacent to an activating group) is 1. The molecular formula is C15H25N3O. The summed E-state index contributed by atoms with van der Waals surface area (Å²) in [5.74, 6) is 0. The molecule has 1 fully saturated rings. The third kappa shape index (κ3) is 3.25. The van der Waals surface area contributed by atoms with Crippen LogP contribution in [0.15, 0.2) is 18.3 Å². The van der Waals surface area contributed by atoms with Crippen molar-refractivity contribution in [3.05, 3.63) is 24.0 Å². The van der Waals surface area contributed by atoms with Crippen molar-refractivity contribution in [1.29, 1.82) is 0 Å². The second-order valence-electron chi connectivity index (χ2n) is 5.64. The molecule has 1 aliphatic heterocycles. The lowest BCUT2D eigenvalue weighted by Crippen LogP contribution is -2.57. The van der Waals surface area contributed by atoms with Crippen LogP contribution in [0.5, 0.6) is 0 Å². The van der Waals surface area contributed by atoms with Crippen molar-refractivity contribution in [3.63, 3.8) is 0 Å². The molecule has 2 rings (SSSR count). The van der Waals surface area contributed by atoms with Crippen LogP contribution in [0.25, 0.3) is 0 Å². The van der Waals surface area contributed by atoms with Gasteiger partial charge in [-0.05, 0) is 39.4 Å². The Kier molecular flexibility index (Phi) is 4.42. The van der Waals surface area contributed by atoms with Gasteiger partial charge in [0.25, 0.3) is 0 Å². The lowest BCUT2D eigenvalue weighted by atomic mass is 9.96. The number of aromatic nitrogens is 1. The molecule has 0 radical (unpaired) electrons. The molecule has 2 heterocycles. The van der Waals surface area contributed by atoms with Gasteiger partial charge >= 0.3 is 0 Å². The fourth-order valence-electron chi connectivity index (χ4n) is 2.29. The number of ether oxygens (including phenoxy) is 1. The number of aryl methyl sites for hydroxylation is 1. The van der Waals surface area contributed by atoms with Crippen LogP contribution in [-0.4, -0.2) is 43.4 Å². The highest BCUT2D eigenvalue weighted by molar-refractivity contribution is 5.45. The number of morpholine rings is 1. The Hall–Kier alpha value is -1.13. The molecule has 1 aliphatic rings. The van der Waals surface area contributed by atoms with Gasteiger partial charge in [0.15, 0.2) is 0 Å². The predicted octanol–water partition coefficient (Wildman–Crippen LogP) is 1.85. The van der Waals surface area contributed by atoms with E-state index in [2.05, 4.69) is 48.1 Å². The van der Waals surface area contributed by atoms with Crippen molar-refractivity contribution < 1.29 is 4.74 Å². The Morgan fingerprint density at radius 3 is 2.84 bits per heavy atom. The Labute approximate surface area is 116 Å². The zero-order valence-corrected chi connectivity index (χ0v) is 12.4. The molecule has 1 aromatic heterocycles. The molecule has 0 unspecified atom stereocenters. The molecule has 1 N–H and O–H groups in total. The topological polar surface area (TPSA) is 37.4 Å². The zero-order chi connectivity index (χ0) is 13.9. The third-order valence-corrected chi connectivity index (χ3v) is 4.05. The standard InChI is InChI=1S/C15H25N3O/c1-5-12-6-7-13(10-17-12)18-8-9-19-14(11-18)15(2,3)16-4/h6-7,10,14,16H,5,8-9,11H2,1-4H3/t14-/m0/s1. The van der Waals surface area contributed by atoms with Gasteiger partial charge in [-0.15, -0.1) is 0 Å². The fourth-order valence-corrected chi connectivity index (χ4v) is 2.29. The van der Waals surface area contributed by atoms with E-state index in [1.54, 1.807) is 0 Å². The number of hydrogen-bond acceptors (Lipinski definition) is 4. The number of nitrogens with zero attached hydrogens (tertiary/aromatic N) is 2. The van der Waals surface area contributed by atoms with E-state index >= 15 is 0 Å². The van der Waals surface area contributed by atoms with Crippen molar-refractivity contribution >= 4 is 5.69 Å². The monoisotopic (exact) mass is 263 g/mol. The number of nitrogens with one attached hydrogen (secondary N) is 1. The molecule has 1 atom stereocenters. The summed E-state index contributed by atoms with van der Waals surface area (Å²) in [6.07, 6.45) is 3.16. The van der Waals surface area contributed by atoms with Crippen LogP contribution in [0, 0.1) is 0 Å². The number of anilines is 1. The zero-order valence-electron chi connectivity index (χ0n) is 12.4. The summed E-state index contributed by atoms with van der Waals surface area (Å²) in [6, 6.07) is 4.28. The van der Waals surface area contributed by atoms with Gasteiger partial charge in [-0.1, -0.05) is 6.92 Å². The third-order valence-electron chi connectivity index (χ3n) is 4.05. The molecule has 0 bridgehead atoms. The maximum Gasteiger partial charge on any atom is 0.0926 e. The highest BCUT2D eigenvalue weighted by Gasteiger charge is 2.33. The first-order chi connectivity index (χ1) is 9.06. The Morgan fingerprint density at radius 1 is 1.47 bits per heavy atom. The molecule has 19 heavy (non-hydrogen) atoms. The molecule has 4 nitrogen and oxygen atoms in total. The van der Waals surface area contributed by atoms with Gasteiger partial charge in [-0.3, -0.25) is 4.98 Å². The summed E-state index contributed by atoms with van der Waals surface area (Å²) in [5.41, 5.74) is 2.32. The van der Waals surface area contributed by atoms with E-state index in [1.807, 2.05) is 13.2 Å². The van der Waals surface area contributed by atoms with Crippen molar-refractivity contribution in [3.8, 4) is 0 Å². The van der Waals surface area contributed by atoms with Crippen molar-refractivity contribution in [2.24, 2.45) is 0 Å². The quantitative estimate of drug-likeness (QED) is 0.899. The van der Waals surface area contributed by atoms with Crippen LogP contribution in [0.3, 0.4) is 0 Å². The summed E-state index contributed by atoms with van der Waals surface area (Å²) in [6.45, 7) is 9.09. The molecule has 1 saturated heterocycles. The van der Waals surface area contributed by atoms with Gasteiger partial charge in [0.05, 0.1) is 24.6 Å². The first-order valence-electron chi connectivity index (χ1n) is 7.07. The van der Waals surface area contributed by atoms with Crippen LogP contribution < -0.4 is 10.2 Å². The first kappa shape index (κ1) is 14.3. The van der Waals surface area contributed by atoms with Crippen LogP contribution in [0.1, 0.15) is 26.5 Å². The molecule has 0 spiro atoms. The van der Waals surface area contributed by atoms with Crippen LogP contribution in [0.2, 0.25) is 0 Å². The molecule has 0 aliphatic carbocycles. The minimum atomic E-state index is -0.0184. The molecule has 0 amide bonds. The second-order valence-corrected chi connectivity index (χ2v) is 5.64. The minimum Gasteiger partial charge on any atom is -0.373 e. The lowest BCUT2D eigenvalue weighted by molar-refractivity contribution is -0.0103.